The quantitative estimate of drug-likeness (QED) is 0.0161. The Labute approximate surface area is 742 Å². The second-order valence-electron chi connectivity index (χ2n) is 35.1. The molecule has 6 fully saturated rings. The van der Waals surface area contributed by atoms with E-state index in [9.17, 15) is 48.3 Å². The third-order valence-electron chi connectivity index (χ3n) is 21.1. The lowest BCUT2D eigenvalue weighted by molar-refractivity contribution is 0.00932. The van der Waals surface area contributed by atoms with E-state index in [2.05, 4.69) is 31.5 Å². The minimum Gasteiger partial charge on any atom is -0.473 e. The van der Waals surface area contributed by atoms with Crippen LogP contribution in [0.15, 0.2) is 156 Å². The van der Waals surface area contributed by atoms with E-state index in [0.29, 0.717) is 123 Å². The van der Waals surface area contributed by atoms with Gasteiger partial charge < -0.3 is 76.2 Å². The number of thioether (sulfide) groups is 1. The second-order valence-corrected chi connectivity index (χ2v) is 36.1. The molecule has 30 heteroatoms. The van der Waals surface area contributed by atoms with Crippen LogP contribution >= 0.6 is 11.8 Å². The van der Waals surface area contributed by atoms with E-state index >= 15 is 0 Å². The van der Waals surface area contributed by atoms with E-state index < -0.39 is 16.8 Å². The summed E-state index contributed by atoms with van der Waals surface area (Å²) in [5, 5.41) is 39.6. The summed E-state index contributed by atoms with van der Waals surface area (Å²) < 4.78 is 31.8. The SMILES string of the molecule is CC(C)(C)OC(=O)N1CCC(O)CC1.CNc1cc(C(=O)NC2CC2)ccc1C.CS/C(C)=C(\C#N)C(=O)c1ccccc1.Cc1ccc(C(=O)NC2CC2)cc1-n1nc(OC2CCN(C(=O)OC(C)(C)C)CC2)c(C(=O)c2ccccc2)c1N.Cc1ccc(C(=O)NC2CC2)cc1-n1nc(OC2CCN(C(=O)OC(C)(C)C)CC2)c(C(=O)c2ccccc2)c1N. The summed E-state index contributed by atoms with van der Waals surface area (Å²) in [5.74, 6) is -0.600. The molecule has 29 nitrogen and oxygen atoms in total. The summed E-state index contributed by atoms with van der Waals surface area (Å²) in [6, 6.07) is 45.7. The van der Waals surface area contributed by atoms with Gasteiger partial charge in [-0.25, -0.2) is 23.7 Å². The summed E-state index contributed by atoms with van der Waals surface area (Å²) >= 11 is 1.42. The number of aliphatic hydroxyl groups is 1. The molecule has 0 radical (unpaired) electrons. The van der Waals surface area contributed by atoms with Gasteiger partial charge in [-0.1, -0.05) is 109 Å². The van der Waals surface area contributed by atoms with Crippen molar-refractivity contribution < 1.29 is 71.9 Å². The third-order valence-corrected chi connectivity index (χ3v) is 21.9. The molecule has 3 saturated carbocycles. The van der Waals surface area contributed by atoms with Crippen LogP contribution in [-0.2, 0) is 14.2 Å². The lowest BCUT2D eigenvalue weighted by Crippen LogP contribution is -2.44. The van der Waals surface area contributed by atoms with Gasteiger partial charge in [-0.2, -0.15) is 5.26 Å². The van der Waals surface area contributed by atoms with Crippen LogP contribution in [0.4, 0.5) is 31.7 Å². The Hall–Kier alpha value is -12.5. The van der Waals surface area contributed by atoms with Gasteiger partial charge in [0.25, 0.3) is 17.7 Å². The van der Waals surface area contributed by atoms with Gasteiger partial charge in [0, 0.05) is 134 Å². The van der Waals surface area contributed by atoms with E-state index in [1.165, 1.54) is 21.1 Å². The monoisotopic (exact) mass is 1740 g/mol. The Morgan fingerprint density at radius 1 is 0.452 bits per heavy atom. The molecular weight excluding hydrogens is 1620 g/mol. The number of rotatable bonds is 20. The first-order valence-corrected chi connectivity index (χ1v) is 44.1. The maximum absolute atomic E-state index is 13.7. The Morgan fingerprint density at radius 2 is 0.770 bits per heavy atom. The number of benzene rings is 6. The average molecular weight is 1740 g/mol. The Balaban J connectivity index is 0.000000180. The molecule has 0 unspecified atom stereocenters. The number of aryl methyl sites for hydroxylation is 3. The van der Waals surface area contributed by atoms with Crippen molar-refractivity contribution in [1.82, 2.24) is 50.2 Å². The van der Waals surface area contributed by atoms with Crippen LogP contribution in [0.25, 0.3) is 11.4 Å². The van der Waals surface area contributed by atoms with E-state index in [-0.39, 0.29) is 124 Å². The first-order valence-electron chi connectivity index (χ1n) is 42.9. The number of ether oxygens (including phenoxy) is 5. The highest BCUT2D eigenvalue weighted by molar-refractivity contribution is 8.02. The number of allylic oxidation sites excluding steroid dienone is 2. The molecule has 9 N–H and O–H groups in total. The summed E-state index contributed by atoms with van der Waals surface area (Å²) in [6.07, 6.45) is 9.70. The maximum Gasteiger partial charge on any atom is 0.410 e. The molecule has 14 rings (SSSR count). The smallest absolute Gasteiger partial charge is 0.410 e. The first-order chi connectivity index (χ1) is 59.8. The predicted octanol–water partition coefficient (Wildman–Crippen LogP) is 15.7. The number of Topliss-reactive ketones (excluding diaryl/α,β-unsaturated/α-hetero) is 1. The van der Waals surface area contributed by atoms with Gasteiger partial charge in [-0.05, 0) is 201 Å². The van der Waals surface area contributed by atoms with E-state index in [1.807, 2.05) is 151 Å². The molecule has 6 amide bonds. The minimum absolute atomic E-state index is 0.0361. The number of hydrogen-bond acceptors (Lipinski definition) is 22. The van der Waals surface area contributed by atoms with Crippen LogP contribution in [0.3, 0.4) is 0 Å². The van der Waals surface area contributed by atoms with Crippen LogP contribution in [0.5, 0.6) is 11.8 Å². The summed E-state index contributed by atoms with van der Waals surface area (Å²) in [4.78, 5) is 119. The van der Waals surface area contributed by atoms with Crippen molar-refractivity contribution >= 4 is 82.4 Å². The molecule has 8 aromatic rings. The summed E-state index contributed by atoms with van der Waals surface area (Å²) in [6.45, 7) is 27.2. The average Bonchev–Trinajstić information content (AvgIpc) is 1.62. The van der Waals surface area contributed by atoms with Gasteiger partial charge in [0.05, 0.1) is 17.5 Å². The number of nitrogens with one attached hydrogen (secondary N) is 4. The molecule has 0 atom stereocenters. The fourth-order valence-electron chi connectivity index (χ4n) is 13.5. The van der Waals surface area contributed by atoms with Gasteiger partial charge in [0.15, 0.2) is 0 Å². The zero-order chi connectivity index (χ0) is 91.5. The number of likely N-dealkylation sites (tertiary alicyclic amines) is 3. The molecule has 3 aliphatic heterocycles. The van der Waals surface area contributed by atoms with Gasteiger partial charge >= 0.3 is 18.3 Å². The molecule has 2 aromatic heterocycles. The van der Waals surface area contributed by atoms with Crippen molar-refractivity contribution in [2.75, 3.05) is 69.4 Å². The Morgan fingerprint density at radius 3 is 1.08 bits per heavy atom. The van der Waals surface area contributed by atoms with E-state index in [1.54, 1.807) is 119 Å². The lowest BCUT2D eigenvalue weighted by atomic mass is 10.0. The van der Waals surface area contributed by atoms with Crippen molar-refractivity contribution in [3.8, 4) is 29.2 Å². The zero-order valence-electron chi connectivity index (χ0n) is 74.9. The van der Waals surface area contributed by atoms with Gasteiger partial charge in [-0.3, -0.25) is 28.8 Å². The maximum atomic E-state index is 13.7. The summed E-state index contributed by atoms with van der Waals surface area (Å²) in [5.41, 5.74) is 20.4. The molecule has 0 spiro atoms. The van der Waals surface area contributed by atoms with E-state index in [4.69, 9.17) is 40.4 Å². The number of carbonyl (C=O) groups excluding carboxylic acids is 9. The minimum atomic E-state index is -0.574. The molecule has 5 heterocycles. The Kier molecular flexibility index (Phi) is 32.6. The number of aromatic nitrogens is 4. The van der Waals surface area contributed by atoms with Crippen molar-refractivity contribution in [2.45, 2.75) is 220 Å². The van der Waals surface area contributed by atoms with Crippen LogP contribution in [0.2, 0.25) is 0 Å². The van der Waals surface area contributed by atoms with Crippen molar-refractivity contribution in [3.05, 3.63) is 217 Å². The lowest BCUT2D eigenvalue weighted by Gasteiger charge is -2.33. The predicted molar refractivity (Wildman–Crippen MR) is 486 cm³/mol. The molecule has 670 valence electrons. The van der Waals surface area contributed by atoms with Crippen LogP contribution in [0, 0.1) is 32.1 Å². The van der Waals surface area contributed by atoms with Crippen molar-refractivity contribution in [3.63, 3.8) is 0 Å². The number of hydrogen-bond donors (Lipinski definition) is 7. The van der Waals surface area contributed by atoms with Crippen LogP contribution < -0.4 is 42.2 Å². The fraction of sp³-hybridized carbons (Fsp3) is 0.438. The largest absolute Gasteiger partial charge is 0.473 e. The molecular formula is C96H120N14O15S. The topological polar surface area (TPSA) is 389 Å². The second kappa shape index (κ2) is 42.9. The number of anilines is 3. The highest BCUT2D eigenvalue weighted by atomic mass is 32.2. The number of nitrogen functional groups attached to an aromatic ring is 2. The number of ketones is 3. The highest BCUT2D eigenvalue weighted by Crippen LogP contribution is 2.37. The van der Waals surface area contributed by atoms with Crippen LogP contribution in [-0.4, -0.2) is 199 Å². The van der Waals surface area contributed by atoms with Crippen molar-refractivity contribution in [1.29, 1.82) is 5.26 Å². The molecule has 3 aliphatic carbocycles. The molecule has 6 aromatic carbocycles. The molecule has 0 bridgehead atoms. The zero-order valence-corrected chi connectivity index (χ0v) is 75.7. The number of nitrogens with two attached hydrogens (primary N) is 2. The number of carbonyl (C=O) groups is 9. The van der Waals surface area contributed by atoms with Gasteiger partial charge in [0.1, 0.15) is 63.4 Å². The molecule has 6 aliphatic rings. The molecule has 3 saturated heterocycles. The van der Waals surface area contributed by atoms with Gasteiger partial charge in [0.2, 0.25) is 29.1 Å². The Bertz CT molecular complexity index is 5040. The van der Waals surface area contributed by atoms with E-state index in [0.717, 1.165) is 71.4 Å². The van der Waals surface area contributed by atoms with Crippen LogP contribution in [0.1, 0.15) is 236 Å². The number of nitriles is 1. The fourth-order valence-corrected chi connectivity index (χ4v) is 13.9. The summed E-state index contributed by atoms with van der Waals surface area (Å²) in [7, 11) is 1.87. The number of nitrogens with zero attached hydrogens (tertiary/aromatic N) is 8. The third kappa shape index (κ3) is 27.5. The van der Waals surface area contributed by atoms with Gasteiger partial charge in [-0.15, -0.1) is 22.0 Å². The highest BCUT2D eigenvalue weighted by Gasteiger charge is 2.37. The number of piperidine rings is 3. The molecule has 126 heavy (non-hydrogen) atoms. The number of aliphatic hydroxyl groups excluding tert-OH is 1. The number of amides is 6. The normalized spacial score (nSPS) is 15.6. The first kappa shape index (κ1) is 95.7. The standard InChI is InChI=1S/2C31H37N5O5.C12H16N2O.C12H11NOS.C10H19NO3/c2*1-19-10-11-21(28(38)33-22-12-13-22)18-24(19)36-27(32)25(26(37)20-8-6-5-7-9-20)29(34-36)40-23-14-16-35(17-15-23)30(39)41-31(2,3)4;1-8-3-4-9(7-11(8)13-2)12(15)14-10-5-6-10;1-9(15-2)11(8-13)12(14)10-6-4-3-5-7-10;1-10(2,3)14-9(13)11-6-4-8(12)5-7-11/h2*5-11,18,22-23H,12-17,32H2,1-4H3,(H,33,38);3-4,7,10,13H,5-6H2,1-2H3,(H,14,15);3-7H,1-2H3;8,12H,4-7H2,1-3H3/b;;;11-9+;. The van der Waals surface area contributed by atoms with Crippen molar-refractivity contribution in [2.24, 2.45) is 0 Å².